The molecule has 1 unspecified atom stereocenters. The fourth-order valence-electron chi connectivity index (χ4n) is 2.25. The number of nitrogens with one attached hydrogen (secondary N) is 1. The van der Waals surface area contributed by atoms with Crippen molar-refractivity contribution in [1.29, 1.82) is 0 Å². The molecular weight excluding hydrogens is 432 g/mol. The Morgan fingerprint density at radius 1 is 1.13 bits per heavy atom. The van der Waals surface area contributed by atoms with E-state index in [1.807, 2.05) is 31.2 Å². The van der Waals surface area contributed by atoms with Crippen molar-refractivity contribution in [3.05, 3.63) is 29.8 Å². The Morgan fingerprint density at radius 2 is 1.74 bits per heavy atom. The van der Waals surface area contributed by atoms with Crippen molar-refractivity contribution in [2.24, 2.45) is 0 Å². The van der Waals surface area contributed by atoms with Gasteiger partial charge in [-0.05, 0) is 54.2 Å². The zero-order valence-corrected chi connectivity index (χ0v) is 16.6. The Hall–Kier alpha value is -0.490. The summed E-state index contributed by atoms with van der Waals surface area (Å²) in [6.07, 6.45) is 3.19. The predicted molar refractivity (Wildman–Crippen MR) is 98.7 cm³/mol. The number of anilines is 1. The van der Waals surface area contributed by atoms with Crippen LogP contribution in [0.1, 0.15) is 51.0 Å². The van der Waals surface area contributed by atoms with Crippen LogP contribution in [-0.2, 0) is 4.79 Å². The van der Waals surface area contributed by atoms with Gasteiger partial charge in [0.2, 0.25) is 5.91 Å². The average molecular weight is 455 g/mol. The van der Waals surface area contributed by atoms with Crippen LogP contribution in [0, 0.1) is 6.92 Å². The predicted octanol–water partition coefficient (Wildman–Crippen LogP) is 6.42. The van der Waals surface area contributed by atoms with Crippen LogP contribution in [0.25, 0.3) is 0 Å². The summed E-state index contributed by atoms with van der Waals surface area (Å²) in [5, 5.41) is 2.84. The van der Waals surface area contributed by atoms with Gasteiger partial charge in [-0.15, -0.1) is 0 Å². The van der Waals surface area contributed by atoms with Crippen molar-refractivity contribution < 1.29 is 13.6 Å². The first-order chi connectivity index (χ1) is 10.7. The summed E-state index contributed by atoms with van der Waals surface area (Å²) in [6, 6.07) is 7.62. The Kier molecular flexibility index (Phi) is 8.14. The second-order valence-electron chi connectivity index (χ2n) is 5.79. The Bertz CT molecular complexity index is 502. The molecule has 2 nitrogen and oxygen atoms in total. The first-order valence-electron chi connectivity index (χ1n) is 7.80. The molecule has 0 spiro atoms. The number of hydrogen-bond donors (Lipinski definition) is 1. The van der Waals surface area contributed by atoms with Crippen LogP contribution in [0.15, 0.2) is 24.3 Å². The molecule has 1 rings (SSSR count). The molecule has 0 aliphatic heterocycles. The molecule has 0 aromatic heterocycles. The summed E-state index contributed by atoms with van der Waals surface area (Å²) in [5.74, 6) is -0.0414. The minimum absolute atomic E-state index is 0.0414. The lowest BCUT2D eigenvalue weighted by Gasteiger charge is -2.30. The molecule has 0 heterocycles. The summed E-state index contributed by atoms with van der Waals surface area (Å²) >= 11 is 5.61. The highest BCUT2D eigenvalue weighted by Crippen LogP contribution is 2.47. The first kappa shape index (κ1) is 20.6. The van der Waals surface area contributed by atoms with Crippen LogP contribution >= 0.6 is 31.9 Å². The number of aryl methyl sites for hydroxylation is 1. The molecule has 1 amide bonds. The van der Waals surface area contributed by atoms with Crippen molar-refractivity contribution >= 4 is 43.5 Å². The standard InChI is InChI=1S/C17H23Br2F2NO/c1-3-16(18,17(19,20)21)12-6-4-5-7-15(23)22-14-10-8-13(2)9-11-14/h8-11H,3-7,12H2,1-2H3,(H,22,23). The molecule has 1 aromatic carbocycles. The van der Waals surface area contributed by atoms with Gasteiger partial charge in [-0.2, -0.15) is 8.78 Å². The van der Waals surface area contributed by atoms with Crippen LogP contribution in [0.4, 0.5) is 14.5 Å². The third-order valence-electron chi connectivity index (χ3n) is 3.88. The maximum Gasteiger partial charge on any atom is 0.316 e. The quantitative estimate of drug-likeness (QED) is 0.338. The number of unbranched alkanes of at least 4 members (excludes halogenated alkanes) is 2. The van der Waals surface area contributed by atoms with Gasteiger partial charge in [-0.1, -0.05) is 53.4 Å². The van der Waals surface area contributed by atoms with Gasteiger partial charge in [0.25, 0.3) is 0 Å². The average Bonchev–Trinajstić information content (AvgIpc) is 2.48. The molecular formula is C17H23Br2F2NO. The van der Waals surface area contributed by atoms with Gasteiger partial charge in [0.15, 0.2) is 0 Å². The molecule has 1 aromatic rings. The number of halogens is 4. The van der Waals surface area contributed by atoms with Gasteiger partial charge in [-0.3, -0.25) is 4.79 Å². The van der Waals surface area contributed by atoms with E-state index in [0.717, 1.165) is 17.7 Å². The maximum absolute atomic E-state index is 13.5. The van der Waals surface area contributed by atoms with Crippen LogP contribution in [0.2, 0.25) is 0 Å². The summed E-state index contributed by atoms with van der Waals surface area (Å²) in [5.41, 5.74) is 1.92. The smallest absolute Gasteiger partial charge is 0.316 e. The molecule has 1 atom stereocenters. The molecule has 0 fully saturated rings. The number of rotatable bonds is 9. The molecule has 130 valence electrons. The Balaban J connectivity index is 2.26. The number of hydrogen-bond acceptors (Lipinski definition) is 1. The topological polar surface area (TPSA) is 29.1 Å². The van der Waals surface area contributed by atoms with E-state index < -0.39 is 9.16 Å². The van der Waals surface area contributed by atoms with Crippen LogP contribution in [0.3, 0.4) is 0 Å². The molecule has 0 aliphatic carbocycles. The van der Waals surface area contributed by atoms with E-state index in [1.165, 1.54) is 0 Å². The number of alkyl halides is 4. The summed E-state index contributed by atoms with van der Waals surface area (Å²) in [7, 11) is 0. The molecule has 0 bridgehead atoms. The fourth-order valence-corrected chi connectivity index (χ4v) is 3.01. The minimum atomic E-state index is -2.93. The maximum atomic E-state index is 13.5. The van der Waals surface area contributed by atoms with Gasteiger partial charge in [-0.25, -0.2) is 0 Å². The lowest BCUT2D eigenvalue weighted by Crippen LogP contribution is -2.37. The van der Waals surface area contributed by atoms with Crippen molar-refractivity contribution in [3.8, 4) is 0 Å². The largest absolute Gasteiger partial charge is 0.326 e. The lowest BCUT2D eigenvalue weighted by atomic mass is 9.98. The van der Waals surface area contributed by atoms with E-state index in [9.17, 15) is 13.6 Å². The van der Waals surface area contributed by atoms with Crippen molar-refractivity contribution in [2.75, 3.05) is 5.32 Å². The summed E-state index contributed by atoms with van der Waals surface area (Å²) in [4.78, 5) is 8.89. The van der Waals surface area contributed by atoms with Gasteiger partial charge in [0, 0.05) is 12.1 Å². The molecule has 0 radical (unpaired) electrons. The zero-order valence-electron chi connectivity index (χ0n) is 13.5. The normalized spacial score (nSPS) is 14.3. The number of carbonyl (C=O) groups is 1. The summed E-state index contributed by atoms with van der Waals surface area (Å²) < 4.78 is 25.8. The molecule has 1 N–H and O–H groups in total. The number of benzene rings is 1. The molecule has 23 heavy (non-hydrogen) atoms. The monoisotopic (exact) mass is 453 g/mol. The highest BCUT2D eigenvalue weighted by atomic mass is 79.9. The molecule has 0 aliphatic rings. The van der Waals surface area contributed by atoms with Gasteiger partial charge in [0.1, 0.15) is 0 Å². The minimum Gasteiger partial charge on any atom is -0.326 e. The van der Waals surface area contributed by atoms with Gasteiger partial charge >= 0.3 is 4.83 Å². The number of amides is 1. The zero-order chi connectivity index (χ0) is 17.5. The van der Waals surface area contributed by atoms with Crippen molar-refractivity contribution in [2.45, 2.75) is 61.5 Å². The molecule has 0 saturated heterocycles. The fraction of sp³-hybridized carbons (Fsp3) is 0.588. The van der Waals surface area contributed by atoms with Gasteiger partial charge in [0.05, 0.1) is 4.32 Å². The van der Waals surface area contributed by atoms with Crippen molar-refractivity contribution in [3.63, 3.8) is 0 Å². The second kappa shape index (κ2) is 9.11. The van der Waals surface area contributed by atoms with E-state index >= 15 is 0 Å². The van der Waals surface area contributed by atoms with E-state index in [-0.39, 0.29) is 5.91 Å². The van der Waals surface area contributed by atoms with E-state index in [2.05, 4.69) is 37.2 Å². The van der Waals surface area contributed by atoms with E-state index in [4.69, 9.17) is 0 Å². The van der Waals surface area contributed by atoms with Crippen molar-refractivity contribution in [1.82, 2.24) is 0 Å². The van der Waals surface area contributed by atoms with E-state index in [1.54, 1.807) is 6.92 Å². The summed E-state index contributed by atoms with van der Waals surface area (Å²) in [6.45, 7) is 3.72. The van der Waals surface area contributed by atoms with Gasteiger partial charge < -0.3 is 5.32 Å². The Morgan fingerprint density at radius 3 is 2.26 bits per heavy atom. The number of carbonyl (C=O) groups excluding carboxylic acids is 1. The third-order valence-corrected chi connectivity index (χ3v) is 6.63. The highest BCUT2D eigenvalue weighted by Gasteiger charge is 2.47. The second-order valence-corrected chi connectivity index (χ2v) is 8.31. The van der Waals surface area contributed by atoms with E-state index in [0.29, 0.717) is 32.1 Å². The van der Waals surface area contributed by atoms with Crippen LogP contribution in [-0.4, -0.2) is 15.1 Å². The SMILES string of the molecule is CCC(Br)(CCCCCC(=O)Nc1ccc(C)cc1)C(F)(F)Br. The van der Waals surface area contributed by atoms with Crippen LogP contribution in [0.5, 0.6) is 0 Å². The molecule has 6 heteroatoms. The Labute approximate surface area is 153 Å². The first-order valence-corrected chi connectivity index (χ1v) is 9.39. The van der Waals surface area contributed by atoms with Crippen LogP contribution < -0.4 is 5.32 Å². The lowest BCUT2D eigenvalue weighted by molar-refractivity contribution is -0.116. The third kappa shape index (κ3) is 6.87. The molecule has 0 saturated carbocycles. The highest BCUT2D eigenvalue weighted by molar-refractivity contribution is 9.12.